The molecule has 3 rings (SSSR count). The maximum atomic E-state index is 6.02. The SMILES string of the molecule is CSc1ccc2ccccc2c1-c1ccnc(Cl)c1. The second-order valence-electron chi connectivity index (χ2n) is 4.23. The first-order valence-corrected chi connectivity index (χ1v) is 7.57. The number of nitrogens with zero attached hydrogens (tertiary/aromatic N) is 1. The van der Waals surface area contributed by atoms with E-state index in [1.165, 1.54) is 21.2 Å². The number of benzene rings is 2. The smallest absolute Gasteiger partial charge is 0.129 e. The Hall–Kier alpha value is -1.51. The average molecular weight is 286 g/mol. The van der Waals surface area contributed by atoms with Crippen molar-refractivity contribution in [2.45, 2.75) is 4.90 Å². The van der Waals surface area contributed by atoms with E-state index >= 15 is 0 Å². The Balaban J connectivity index is 2.37. The van der Waals surface area contributed by atoms with E-state index in [0.29, 0.717) is 5.15 Å². The van der Waals surface area contributed by atoms with Gasteiger partial charge in [-0.3, -0.25) is 0 Å². The highest BCUT2D eigenvalue weighted by Crippen LogP contribution is 2.37. The lowest BCUT2D eigenvalue weighted by molar-refractivity contribution is 1.32. The van der Waals surface area contributed by atoms with Gasteiger partial charge >= 0.3 is 0 Å². The monoisotopic (exact) mass is 285 g/mol. The zero-order valence-electron chi connectivity index (χ0n) is 10.4. The summed E-state index contributed by atoms with van der Waals surface area (Å²) < 4.78 is 0. The molecule has 0 amide bonds. The van der Waals surface area contributed by atoms with E-state index in [-0.39, 0.29) is 0 Å². The minimum Gasteiger partial charge on any atom is -0.245 e. The second-order valence-corrected chi connectivity index (χ2v) is 5.47. The van der Waals surface area contributed by atoms with Gasteiger partial charge in [-0.25, -0.2) is 4.98 Å². The molecule has 19 heavy (non-hydrogen) atoms. The van der Waals surface area contributed by atoms with Crippen LogP contribution in [0.25, 0.3) is 21.9 Å². The van der Waals surface area contributed by atoms with Crippen molar-refractivity contribution < 1.29 is 0 Å². The molecular weight excluding hydrogens is 274 g/mol. The summed E-state index contributed by atoms with van der Waals surface area (Å²) in [7, 11) is 0. The van der Waals surface area contributed by atoms with Gasteiger partial charge in [0.05, 0.1) is 0 Å². The van der Waals surface area contributed by atoms with Crippen LogP contribution < -0.4 is 0 Å². The van der Waals surface area contributed by atoms with Gasteiger partial charge in [0, 0.05) is 16.7 Å². The first kappa shape index (κ1) is 12.5. The summed E-state index contributed by atoms with van der Waals surface area (Å²) in [5.74, 6) is 0. The molecule has 0 aliphatic carbocycles. The van der Waals surface area contributed by atoms with Crippen molar-refractivity contribution >= 4 is 34.1 Å². The summed E-state index contributed by atoms with van der Waals surface area (Å²) in [6.45, 7) is 0. The zero-order valence-corrected chi connectivity index (χ0v) is 12.0. The van der Waals surface area contributed by atoms with Crippen molar-refractivity contribution in [3.05, 3.63) is 59.9 Å². The van der Waals surface area contributed by atoms with Gasteiger partial charge in [-0.2, -0.15) is 0 Å². The Kier molecular flexibility index (Phi) is 3.45. The maximum Gasteiger partial charge on any atom is 0.129 e. The van der Waals surface area contributed by atoms with Crippen LogP contribution in [0.2, 0.25) is 5.15 Å². The molecule has 0 atom stereocenters. The fourth-order valence-corrected chi connectivity index (χ4v) is 3.09. The van der Waals surface area contributed by atoms with E-state index in [4.69, 9.17) is 11.6 Å². The number of aromatic nitrogens is 1. The molecule has 0 saturated carbocycles. The minimum atomic E-state index is 0.525. The summed E-state index contributed by atoms with van der Waals surface area (Å²) >= 11 is 7.77. The van der Waals surface area contributed by atoms with Crippen LogP contribution in [0.15, 0.2) is 59.6 Å². The summed E-state index contributed by atoms with van der Waals surface area (Å²) in [5.41, 5.74) is 2.34. The summed E-state index contributed by atoms with van der Waals surface area (Å²) in [6, 6.07) is 16.7. The van der Waals surface area contributed by atoms with Gasteiger partial charge in [0.15, 0.2) is 0 Å². The third-order valence-corrected chi connectivity index (χ3v) is 4.11. The molecule has 0 aliphatic rings. The lowest BCUT2D eigenvalue weighted by Crippen LogP contribution is -1.86. The van der Waals surface area contributed by atoms with Crippen molar-refractivity contribution in [3.63, 3.8) is 0 Å². The molecule has 0 radical (unpaired) electrons. The topological polar surface area (TPSA) is 12.9 Å². The van der Waals surface area contributed by atoms with Crippen molar-refractivity contribution in [2.24, 2.45) is 0 Å². The van der Waals surface area contributed by atoms with Crippen LogP contribution in [0.1, 0.15) is 0 Å². The summed E-state index contributed by atoms with van der Waals surface area (Å²) in [4.78, 5) is 5.31. The molecule has 0 N–H and O–H groups in total. The normalized spacial score (nSPS) is 10.8. The van der Waals surface area contributed by atoms with E-state index in [9.17, 15) is 0 Å². The number of thioether (sulfide) groups is 1. The quantitative estimate of drug-likeness (QED) is 0.469. The molecule has 0 saturated heterocycles. The second kappa shape index (κ2) is 5.24. The average Bonchev–Trinajstić information content (AvgIpc) is 2.46. The molecule has 1 aromatic heterocycles. The van der Waals surface area contributed by atoms with Crippen LogP contribution >= 0.6 is 23.4 Å². The molecule has 1 heterocycles. The number of halogens is 1. The van der Waals surface area contributed by atoms with E-state index in [1.807, 2.05) is 12.1 Å². The Bertz CT molecular complexity index is 740. The Morgan fingerprint density at radius 3 is 2.68 bits per heavy atom. The van der Waals surface area contributed by atoms with Crippen LogP contribution in [0.5, 0.6) is 0 Å². The summed E-state index contributed by atoms with van der Waals surface area (Å²) in [6.07, 6.45) is 3.85. The van der Waals surface area contributed by atoms with Gasteiger partial charge in [0.1, 0.15) is 5.15 Å². The standard InChI is InChI=1S/C16H12ClNS/c1-19-14-7-6-11-4-2-3-5-13(11)16(14)12-8-9-18-15(17)10-12/h2-10H,1H3. The lowest BCUT2D eigenvalue weighted by Gasteiger charge is -2.12. The van der Waals surface area contributed by atoms with E-state index < -0.39 is 0 Å². The van der Waals surface area contributed by atoms with Crippen molar-refractivity contribution in [1.29, 1.82) is 0 Å². The van der Waals surface area contributed by atoms with Gasteiger partial charge in [-0.15, -0.1) is 11.8 Å². The fraction of sp³-hybridized carbons (Fsp3) is 0.0625. The van der Waals surface area contributed by atoms with Gasteiger partial charge < -0.3 is 0 Å². The molecule has 2 aromatic carbocycles. The molecular formula is C16H12ClNS. The first-order chi connectivity index (χ1) is 9.29. The van der Waals surface area contributed by atoms with Crippen LogP contribution in [-0.4, -0.2) is 11.2 Å². The van der Waals surface area contributed by atoms with Crippen LogP contribution in [0.4, 0.5) is 0 Å². The maximum absolute atomic E-state index is 6.02. The van der Waals surface area contributed by atoms with Crippen molar-refractivity contribution in [2.75, 3.05) is 6.26 Å². The van der Waals surface area contributed by atoms with E-state index in [1.54, 1.807) is 18.0 Å². The van der Waals surface area contributed by atoms with Gasteiger partial charge in [0.25, 0.3) is 0 Å². The molecule has 3 heteroatoms. The predicted octanol–water partition coefficient (Wildman–Crippen LogP) is 5.28. The number of fused-ring (bicyclic) bond motifs is 1. The number of pyridine rings is 1. The molecule has 0 unspecified atom stereocenters. The molecule has 94 valence electrons. The van der Waals surface area contributed by atoms with Crippen molar-refractivity contribution in [3.8, 4) is 11.1 Å². The van der Waals surface area contributed by atoms with Gasteiger partial charge in [0.2, 0.25) is 0 Å². The van der Waals surface area contributed by atoms with Crippen LogP contribution in [-0.2, 0) is 0 Å². The number of hydrogen-bond donors (Lipinski definition) is 0. The highest BCUT2D eigenvalue weighted by molar-refractivity contribution is 7.98. The fourth-order valence-electron chi connectivity index (χ4n) is 2.28. The molecule has 0 fully saturated rings. The largest absolute Gasteiger partial charge is 0.245 e. The minimum absolute atomic E-state index is 0.525. The molecule has 0 aliphatic heterocycles. The first-order valence-electron chi connectivity index (χ1n) is 5.97. The van der Waals surface area contributed by atoms with E-state index in [0.717, 1.165) is 5.56 Å². The lowest BCUT2D eigenvalue weighted by atomic mass is 9.99. The van der Waals surface area contributed by atoms with Crippen LogP contribution in [0, 0.1) is 0 Å². The van der Waals surface area contributed by atoms with Crippen LogP contribution in [0.3, 0.4) is 0 Å². The Labute approximate surface area is 121 Å². The van der Waals surface area contributed by atoms with Gasteiger partial charge in [-0.1, -0.05) is 41.9 Å². The summed E-state index contributed by atoms with van der Waals surface area (Å²) in [5, 5.41) is 3.01. The highest BCUT2D eigenvalue weighted by atomic mass is 35.5. The zero-order chi connectivity index (χ0) is 13.2. The molecule has 0 spiro atoms. The molecule has 3 aromatic rings. The Morgan fingerprint density at radius 1 is 1.05 bits per heavy atom. The number of hydrogen-bond acceptors (Lipinski definition) is 2. The number of rotatable bonds is 2. The van der Waals surface area contributed by atoms with Crippen molar-refractivity contribution in [1.82, 2.24) is 4.98 Å². The predicted molar refractivity (Wildman–Crippen MR) is 84.0 cm³/mol. The third kappa shape index (κ3) is 2.34. The molecule has 1 nitrogen and oxygen atoms in total. The highest BCUT2D eigenvalue weighted by Gasteiger charge is 2.09. The Morgan fingerprint density at radius 2 is 1.89 bits per heavy atom. The van der Waals surface area contributed by atoms with E-state index in [2.05, 4.69) is 47.6 Å². The molecule has 0 bridgehead atoms. The van der Waals surface area contributed by atoms with Gasteiger partial charge in [-0.05, 0) is 40.8 Å². The third-order valence-electron chi connectivity index (χ3n) is 3.13.